The van der Waals surface area contributed by atoms with Crippen molar-refractivity contribution in [3.63, 3.8) is 0 Å². The van der Waals surface area contributed by atoms with Crippen LogP contribution >= 0.6 is 0 Å². The summed E-state index contributed by atoms with van der Waals surface area (Å²) in [4.78, 5) is 10.9. The Morgan fingerprint density at radius 2 is 1.92 bits per heavy atom. The number of carbonyl (C=O) groups is 1. The molecule has 0 saturated carbocycles. The van der Waals surface area contributed by atoms with Crippen LogP contribution in [0.25, 0.3) is 0 Å². The van der Waals surface area contributed by atoms with E-state index in [9.17, 15) is 4.79 Å². The minimum Gasteiger partial charge on any atom is -0.466 e. The average Bonchev–Trinajstić information content (AvgIpc) is 2.11. The molecule has 0 aromatic carbocycles. The molecule has 2 nitrogen and oxygen atoms in total. The highest BCUT2D eigenvalue weighted by atomic mass is 16.5. The summed E-state index contributed by atoms with van der Waals surface area (Å²) in [6, 6.07) is 0. The lowest BCUT2D eigenvalue weighted by atomic mass is 10.3. The SMILES string of the molecule is CC/C=C/C=C\CCC(=O)OCC. The van der Waals surface area contributed by atoms with Gasteiger partial charge in [-0.3, -0.25) is 4.79 Å². The van der Waals surface area contributed by atoms with Gasteiger partial charge in [0.05, 0.1) is 6.61 Å². The quantitative estimate of drug-likeness (QED) is 0.466. The molecular formula is C11H18O2. The summed E-state index contributed by atoms with van der Waals surface area (Å²) in [5.74, 6) is -0.119. The predicted octanol–water partition coefficient (Wildman–Crippen LogP) is 2.85. The van der Waals surface area contributed by atoms with Crippen molar-refractivity contribution in [1.82, 2.24) is 0 Å². The van der Waals surface area contributed by atoms with Crippen molar-refractivity contribution in [2.75, 3.05) is 6.61 Å². The van der Waals surface area contributed by atoms with E-state index in [1.165, 1.54) is 0 Å². The number of allylic oxidation sites excluding steroid dienone is 4. The van der Waals surface area contributed by atoms with Gasteiger partial charge in [-0.25, -0.2) is 0 Å². The maximum Gasteiger partial charge on any atom is 0.306 e. The van der Waals surface area contributed by atoms with Crippen LogP contribution in [0.15, 0.2) is 24.3 Å². The maximum atomic E-state index is 10.9. The van der Waals surface area contributed by atoms with Gasteiger partial charge < -0.3 is 4.74 Å². The molecule has 0 rings (SSSR count). The fraction of sp³-hybridized carbons (Fsp3) is 0.545. The van der Waals surface area contributed by atoms with Crippen LogP contribution in [0.5, 0.6) is 0 Å². The summed E-state index contributed by atoms with van der Waals surface area (Å²) in [7, 11) is 0. The lowest BCUT2D eigenvalue weighted by Crippen LogP contribution is -2.02. The monoisotopic (exact) mass is 182 g/mol. The highest BCUT2D eigenvalue weighted by Crippen LogP contribution is 1.94. The van der Waals surface area contributed by atoms with E-state index in [0.717, 1.165) is 12.8 Å². The molecule has 0 bridgehead atoms. The second-order valence-electron chi connectivity index (χ2n) is 2.61. The highest BCUT2D eigenvalue weighted by molar-refractivity contribution is 5.69. The first-order chi connectivity index (χ1) is 6.31. The van der Waals surface area contributed by atoms with Crippen LogP contribution in [0.2, 0.25) is 0 Å². The topological polar surface area (TPSA) is 26.3 Å². The Morgan fingerprint density at radius 3 is 2.54 bits per heavy atom. The Morgan fingerprint density at radius 1 is 1.23 bits per heavy atom. The molecule has 0 aliphatic carbocycles. The van der Waals surface area contributed by atoms with E-state index in [-0.39, 0.29) is 5.97 Å². The van der Waals surface area contributed by atoms with Gasteiger partial charge >= 0.3 is 5.97 Å². The third-order valence-corrected chi connectivity index (χ3v) is 1.44. The van der Waals surface area contributed by atoms with Crippen LogP contribution < -0.4 is 0 Å². The summed E-state index contributed by atoms with van der Waals surface area (Å²) >= 11 is 0. The molecule has 0 atom stereocenters. The molecule has 0 heterocycles. The van der Waals surface area contributed by atoms with Crippen LogP contribution in [0.3, 0.4) is 0 Å². The molecule has 0 amide bonds. The van der Waals surface area contributed by atoms with Crippen molar-refractivity contribution in [1.29, 1.82) is 0 Å². The summed E-state index contributed by atoms with van der Waals surface area (Å²) in [5.41, 5.74) is 0. The van der Waals surface area contributed by atoms with Gasteiger partial charge in [-0.15, -0.1) is 0 Å². The van der Waals surface area contributed by atoms with Gasteiger partial charge in [0.1, 0.15) is 0 Å². The van der Waals surface area contributed by atoms with E-state index < -0.39 is 0 Å². The van der Waals surface area contributed by atoms with E-state index >= 15 is 0 Å². The number of esters is 1. The standard InChI is InChI=1S/C11H18O2/c1-3-5-6-7-8-9-10-11(12)13-4-2/h5-8H,3-4,9-10H2,1-2H3/b6-5+,8-7-. The molecule has 0 aromatic rings. The van der Waals surface area contributed by atoms with Gasteiger partial charge in [-0.05, 0) is 19.8 Å². The first-order valence-corrected chi connectivity index (χ1v) is 4.78. The van der Waals surface area contributed by atoms with E-state index in [2.05, 4.69) is 13.0 Å². The Bertz CT molecular complexity index is 181. The molecular weight excluding hydrogens is 164 g/mol. The number of hydrogen-bond acceptors (Lipinski definition) is 2. The molecule has 0 spiro atoms. The van der Waals surface area contributed by atoms with Crippen molar-refractivity contribution in [2.24, 2.45) is 0 Å². The number of carbonyl (C=O) groups excluding carboxylic acids is 1. The van der Waals surface area contributed by atoms with Crippen LogP contribution in [-0.2, 0) is 9.53 Å². The van der Waals surface area contributed by atoms with Gasteiger partial charge in [0, 0.05) is 6.42 Å². The minimum atomic E-state index is -0.119. The molecule has 0 unspecified atom stereocenters. The number of ether oxygens (including phenoxy) is 1. The molecule has 74 valence electrons. The van der Waals surface area contributed by atoms with Crippen LogP contribution in [0, 0.1) is 0 Å². The largest absolute Gasteiger partial charge is 0.466 e. The lowest BCUT2D eigenvalue weighted by Gasteiger charge is -1.97. The van der Waals surface area contributed by atoms with Crippen LogP contribution in [-0.4, -0.2) is 12.6 Å². The predicted molar refractivity (Wildman–Crippen MR) is 54.4 cm³/mol. The molecule has 0 fully saturated rings. The molecule has 2 heteroatoms. The zero-order chi connectivity index (χ0) is 9.94. The first-order valence-electron chi connectivity index (χ1n) is 4.78. The highest BCUT2D eigenvalue weighted by Gasteiger charge is 1.96. The molecule has 0 saturated heterocycles. The minimum absolute atomic E-state index is 0.119. The van der Waals surface area contributed by atoms with Gasteiger partial charge in [-0.2, -0.15) is 0 Å². The molecule has 0 N–H and O–H groups in total. The molecule has 13 heavy (non-hydrogen) atoms. The van der Waals surface area contributed by atoms with Crippen LogP contribution in [0.4, 0.5) is 0 Å². The first kappa shape index (κ1) is 11.9. The Hall–Kier alpha value is -1.05. The number of rotatable bonds is 6. The molecule has 0 radical (unpaired) electrons. The van der Waals surface area contributed by atoms with E-state index in [4.69, 9.17) is 4.74 Å². The van der Waals surface area contributed by atoms with Gasteiger partial charge in [0.25, 0.3) is 0 Å². The van der Waals surface area contributed by atoms with E-state index in [0.29, 0.717) is 13.0 Å². The third-order valence-electron chi connectivity index (χ3n) is 1.44. The maximum absolute atomic E-state index is 10.9. The fourth-order valence-electron chi connectivity index (χ4n) is 0.824. The zero-order valence-corrected chi connectivity index (χ0v) is 8.45. The Labute approximate surface area is 80.3 Å². The van der Waals surface area contributed by atoms with Crippen molar-refractivity contribution in [3.05, 3.63) is 24.3 Å². The van der Waals surface area contributed by atoms with Crippen LogP contribution in [0.1, 0.15) is 33.1 Å². The second-order valence-corrected chi connectivity index (χ2v) is 2.61. The van der Waals surface area contributed by atoms with E-state index in [1.807, 2.05) is 25.2 Å². The third kappa shape index (κ3) is 8.86. The summed E-state index contributed by atoms with van der Waals surface area (Å²) < 4.78 is 4.78. The smallest absolute Gasteiger partial charge is 0.306 e. The zero-order valence-electron chi connectivity index (χ0n) is 8.45. The van der Waals surface area contributed by atoms with Gasteiger partial charge in [0.15, 0.2) is 0 Å². The lowest BCUT2D eigenvalue weighted by molar-refractivity contribution is -0.142. The normalized spacial score (nSPS) is 11.2. The van der Waals surface area contributed by atoms with Crippen molar-refractivity contribution >= 4 is 5.97 Å². The summed E-state index contributed by atoms with van der Waals surface area (Å²) in [6.45, 7) is 4.37. The Balaban J connectivity index is 3.38. The van der Waals surface area contributed by atoms with Crippen molar-refractivity contribution in [2.45, 2.75) is 33.1 Å². The second kappa shape index (κ2) is 9.04. The molecule has 0 aliphatic heterocycles. The van der Waals surface area contributed by atoms with Gasteiger partial charge in [-0.1, -0.05) is 31.2 Å². The Kier molecular flexibility index (Phi) is 8.31. The van der Waals surface area contributed by atoms with E-state index in [1.54, 1.807) is 0 Å². The summed E-state index contributed by atoms with van der Waals surface area (Å²) in [5, 5.41) is 0. The average molecular weight is 182 g/mol. The fourth-order valence-corrected chi connectivity index (χ4v) is 0.824. The van der Waals surface area contributed by atoms with Crippen molar-refractivity contribution < 1.29 is 9.53 Å². The molecule has 0 aromatic heterocycles. The number of hydrogen-bond donors (Lipinski definition) is 0. The molecule has 0 aliphatic rings. The van der Waals surface area contributed by atoms with Gasteiger partial charge in [0.2, 0.25) is 0 Å². The van der Waals surface area contributed by atoms with Crippen molar-refractivity contribution in [3.8, 4) is 0 Å². The summed E-state index contributed by atoms with van der Waals surface area (Å²) in [6.07, 6.45) is 10.3.